The van der Waals surface area contributed by atoms with E-state index in [1.54, 1.807) is 12.0 Å². The summed E-state index contributed by atoms with van der Waals surface area (Å²) in [5, 5.41) is 3.86. The van der Waals surface area contributed by atoms with E-state index in [4.69, 9.17) is 19.2 Å². The molecule has 4 aromatic rings. The zero-order chi connectivity index (χ0) is 33.5. The van der Waals surface area contributed by atoms with Gasteiger partial charge in [-0.25, -0.2) is 9.78 Å². The number of likely N-dealkylation sites (tertiary alicyclic amines) is 1. The van der Waals surface area contributed by atoms with Crippen LogP contribution in [-0.4, -0.2) is 78.6 Å². The molecule has 3 amide bonds. The number of nitrogens with zero attached hydrogens (tertiary/aromatic N) is 3. The minimum Gasteiger partial charge on any atom is -0.497 e. The second kappa shape index (κ2) is 15.6. The smallest absolute Gasteiger partial charge is 0.317 e. The summed E-state index contributed by atoms with van der Waals surface area (Å²) in [6.45, 7) is 7.49. The lowest BCUT2D eigenvalue weighted by Crippen LogP contribution is -2.49. The molecular weight excluding hydrogens is 625 g/mol. The van der Waals surface area contributed by atoms with Crippen LogP contribution in [0.25, 0.3) is 22.2 Å². The lowest BCUT2D eigenvalue weighted by Gasteiger charge is -2.41. The number of carbonyl (C=O) groups is 2. The van der Waals surface area contributed by atoms with Crippen LogP contribution in [0.1, 0.15) is 18.4 Å². The van der Waals surface area contributed by atoms with Gasteiger partial charge in [0.2, 0.25) is 0 Å². The molecule has 2 saturated heterocycles. The Kier molecular flexibility index (Phi) is 10.8. The van der Waals surface area contributed by atoms with Gasteiger partial charge in [0, 0.05) is 43.2 Å². The number of fused-ring (bicyclic) bond motifs is 1. The molecule has 3 atom stereocenters. The molecule has 10 heteroatoms. The second-order valence-electron chi connectivity index (χ2n) is 12.3. The fourth-order valence-corrected chi connectivity index (χ4v) is 7.00. The van der Waals surface area contributed by atoms with Gasteiger partial charge in [0.1, 0.15) is 17.2 Å². The van der Waals surface area contributed by atoms with Gasteiger partial charge in [-0.05, 0) is 97.3 Å². The molecule has 0 spiro atoms. The molecule has 0 saturated carbocycles. The van der Waals surface area contributed by atoms with Crippen molar-refractivity contribution in [3.8, 4) is 28.5 Å². The number of para-hydroxylation sites is 1. The zero-order valence-electron chi connectivity index (χ0n) is 27.2. The number of morpholine rings is 1. The minimum atomic E-state index is -0.237. The van der Waals surface area contributed by atoms with Gasteiger partial charge >= 0.3 is 6.03 Å². The summed E-state index contributed by atoms with van der Waals surface area (Å²) in [6, 6.07) is 25.5. The molecular formula is C38H42N4O5S. The fraction of sp³-hybridized carbons (Fsp3) is 0.342. The molecule has 48 heavy (non-hydrogen) atoms. The Morgan fingerprint density at radius 2 is 1.75 bits per heavy atom. The molecule has 2 aliphatic heterocycles. The number of pyridine rings is 1. The van der Waals surface area contributed by atoms with Gasteiger partial charge in [0.15, 0.2) is 0 Å². The number of piperidine rings is 1. The SMILES string of the molecule is C=CC(CNC(=O)N1CCOCC1)C1CCN(C(=O)S)C(Cc2cc(-c3ccc(Oc4ccccc4)cc3)nc3ccc(OC)cc23)C1. The van der Waals surface area contributed by atoms with E-state index in [1.807, 2.05) is 83.8 Å². The van der Waals surface area contributed by atoms with Crippen LogP contribution >= 0.6 is 12.6 Å². The van der Waals surface area contributed by atoms with Gasteiger partial charge in [-0.1, -0.05) is 36.9 Å². The van der Waals surface area contributed by atoms with Crippen LogP contribution < -0.4 is 14.8 Å². The van der Waals surface area contributed by atoms with Crippen molar-refractivity contribution < 1.29 is 23.8 Å². The molecule has 2 aliphatic rings. The van der Waals surface area contributed by atoms with Gasteiger partial charge in [-0.2, -0.15) is 0 Å². The lowest BCUT2D eigenvalue weighted by atomic mass is 9.79. The molecule has 9 nitrogen and oxygen atoms in total. The van der Waals surface area contributed by atoms with Crippen LogP contribution in [-0.2, 0) is 11.2 Å². The van der Waals surface area contributed by atoms with Crippen molar-refractivity contribution in [2.45, 2.75) is 25.3 Å². The number of methoxy groups -OCH3 is 1. The minimum absolute atomic E-state index is 0.0659. The normalized spacial score (nSPS) is 18.6. The first-order valence-corrected chi connectivity index (χ1v) is 16.9. The van der Waals surface area contributed by atoms with E-state index in [1.165, 1.54) is 0 Å². The van der Waals surface area contributed by atoms with Crippen molar-refractivity contribution in [1.29, 1.82) is 0 Å². The maximum absolute atomic E-state index is 12.8. The standard InChI is InChI=1S/C38H42N4O5S/c1-3-26(25-39-37(43)41-17-19-46-20-18-41)28-15-16-42(38(44)48)30(21-28)22-29-23-36(40-35-14-13-33(45-2)24-34(29)35)27-9-11-32(12-10-27)47-31-7-5-4-6-8-31/h3-14,23-24,26,28,30H,1,15-22,25H2,2H3,(H,39,43)(H,44,48). The van der Waals surface area contributed by atoms with E-state index in [0.29, 0.717) is 45.8 Å². The van der Waals surface area contributed by atoms with Crippen LogP contribution in [0, 0.1) is 11.8 Å². The van der Waals surface area contributed by atoms with Gasteiger partial charge < -0.3 is 29.3 Å². The summed E-state index contributed by atoms with van der Waals surface area (Å²) < 4.78 is 17.0. The van der Waals surface area contributed by atoms with Gasteiger partial charge in [-0.15, -0.1) is 6.58 Å². The number of nitrogens with one attached hydrogen (secondary N) is 1. The Balaban J connectivity index is 1.25. The summed E-state index contributed by atoms with van der Waals surface area (Å²) in [6.07, 6.45) is 4.11. The van der Waals surface area contributed by atoms with Crippen LogP contribution in [0.2, 0.25) is 0 Å². The second-order valence-corrected chi connectivity index (χ2v) is 12.7. The van der Waals surface area contributed by atoms with Crippen molar-refractivity contribution in [3.05, 3.63) is 97.1 Å². The average Bonchev–Trinajstić information content (AvgIpc) is 3.12. The van der Waals surface area contributed by atoms with Gasteiger partial charge in [-0.3, -0.25) is 4.79 Å². The molecule has 1 N–H and O–H groups in total. The molecule has 1 aromatic heterocycles. The van der Waals surface area contributed by atoms with Crippen LogP contribution in [0.4, 0.5) is 9.59 Å². The predicted octanol–water partition coefficient (Wildman–Crippen LogP) is 7.22. The van der Waals surface area contributed by atoms with E-state index in [9.17, 15) is 9.59 Å². The molecule has 3 unspecified atom stereocenters. The number of rotatable bonds is 10. The van der Waals surface area contributed by atoms with Crippen molar-refractivity contribution in [3.63, 3.8) is 0 Å². The highest BCUT2D eigenvalue weighted by Crippen LogP contribution is 2.35. The van der Waals surface area contributed by atoms with Crippen molar-refractivity contribution >= 4 is 34.8 Å². The number of benzene rings is 3. The first-order chi connectivity index (χ1) is 23.4. The van der Waals surface area contributed by atoms with E-state index >= 15 is 0 Å². The molecule has 3 heterocycles. The Bertz CT molecular complexity index is 1730. The highest BCUT2D eigenvalue weighted by Gasteiger charge is 2.34. The van der Waals surface area contributed by atoms with Crippen LogP contribution in [0.5, 0.6) is 17.2 Å². The average molecular weight is 667 g/mol. The summed E-state index contributed by atoms with van der Waals surface area (Å²) in [5.41, 5.74) is 3.71. The number of amides is 3. The Morgan fingerprint density at radius 3 is 2.46 bits per heavy atom. The van der Waals surface area contributed by atoms with E-state index in [0.717, 1.165) is 57.8 Å². The van der Waals surface area contributed by atoms with E-state index in [2.05, 4.69) is 30.6 Å². The lowest BCUT2D eigenvalue weighted by molar-refractivity contribution is 0.0527. The zero-order valence-corrected chi connectivity index (χ0v) is 28.1. The third-order valence-corrected chi connectivity index (χ3v) is 9.64. The monoisotopic (exact) mass is 666 g/mol. The Hall–Kier alpha value is -4.54. The number of hydrogen-bond donors (Lipinski definition) is 2. The Labute approximate surface area is 287 Å². The van der Waals surface area contributed by atoms with Crippen molar-refractivity contribution in [2.75, 3.05) is 46.5 Å². The van der Waals surface area contributed by atoms with E-state index in [-0.39, 0.29) is 29.1 Å². The molecule has 0 bridgehead atoms. The maximum atomic E-state index is 12.8. The highest BCUT2D eigenvalue weighted by atomic mass is 32.1. The topological polar surface area (TPSA) is 93.2 Å². The van der Waals surface area contributed by atoms with Crippen LogP contribution in [0.15, 0.2) is 91.5 Å². The number of aromatic nitrogens is 1. The highest BCUT2D eigenvalue weighted by molar-refractivity contribution is 7.96. The van der Waals surface area contributed by atoms with Gasteiger partial charge in [0.25, 0.3) is 5.24 Å². The summed E-state index contributed by atoms with van der Waals surface area (Å²) in [5.74, 6) is 2.56. The number of carbonyl (C=O) groups excluding carboxylic acids is 2. The molecule has 2 fully saturated rings. The first kappa shape index (κ1) is 33.4. The van der Waals surface area contributed by atoms with Gasteiger partial charge in [0.05, 0.1) is 31.5 Å². The maximum Gasteiger partial charge on any atom is 0.317 e. The number of ether oxygens (including phenoxy) is 3. The number of thiol groups is 1. The molecule has 6 rings (SSSR count). The number of urea groups is 1. The van der Waals surface area contributed by atoms with Crippen molar-refractivity contribution in [1.82, 2.24) is 20.1 Å². The summed E-state index contributed by atoms with van der Waals surface area (Å²) >= 11 is 4.28. The third-order valence-electron chi connectivity index (χ3n) is 9.38. The molecule has 3 aromatic carbocycles. The molecule has 0 radical (unpaired) electrons. The summed E-state index contributed by atoms with van der Waals surface area (Å²) in [4.78, 5) is 34.3. The predicted molar refractivity (Wildman–Crippen MR) is 191 cm³/mol. The Morgan fingerprint density at radius 1 is 1.02 bits per heavy atom. The first-order valence-electron chi connectivity index (χ1n) is 16.5. The third kappa shape index (κ3) is 7.94. The van der Waals surface area contributed by atoms with E-state index < -0.39 is 0 Å². The molecule has 250 valence electrons. The largest absolute Gasteiger partial charge is 0.497 e. The summed E-state index contributed by atoms with van der Waals surface area (Å²) in [7, 11) is 1.65. The van der Waals surface area contributed by atoms with Crippen molar-refractivity contribution in [2.24, 2.45) is 11.8 Å². The fourth-order valence-electron chi connectivity index (χ4n) is 6.73. The quantitative estimate of drug-likeness (QED) is 0.137. The number of hydrogen-bond acceptors (Lipinski definition) is 6. The van der Waals surface area contributed by atoms with Crippen LogP contribution in [0.3, 0.4) is 0 Å². The molecule has 0 aliphatic carbocycles.